The summed E-state index contributed by atoms with van der Waals surface area (Å²) in [6.07, 6.45) is 8.08. The third-order valence-corrected chi connectivity index (χ3v) is 9.91. The molecule has 10 heteroatoms. The number of fused-ring (bicyclic) bond motifs is 7. The molecule has 0 unspecified atom stereocenters. The predicted octanol–water partition coefficient (Wildman–Crippen LogP) is 3.49. The van der Waals surface area contributed by atoms with Crippen LogP contribution >= 0.6 is 0 Å². The molecule has 2 aliphatic heterocycles. The molecule has 3 aliphatic rings. The van der Waals surface area contributed by atoms with Gasteiger partial charge in [-0.1, -0.05) is 13.8 Å². The van der Waals surface area contributed by atoms with E-state index in [1.54, 1.807) is 0 Å². The summed E-state index contributed by atoms with van der Waals surface area (Å²) in [5.41, 5.74) is 9.87. The zero-order valence-electron chi connectivity index (χ0n) is 26.6. The number of rotatable bonds is 6. The van der Waals surface area contributed by atoms with Gasteiger partial charge in [0.2, 0.25) is 0 Å². The van der Waals surface area contributed by atoms with Crippen molar-refractivity contribution in [1.82, 2.24) is 20.3 Å². The minimum atomic E-state index is -1.15. The molecule has 8 bridgehead atoms. The molecule has 1 fully saturated rings. The van der Waals surface area contributed by atoms with Gasteiger partial charge in [-0.05, 0) is 74.1 Å². The average molecular weight is 611 g/mol. The Morgan fingerprint density at radius 3 is 2.22 bits per heavy atom. The Balaban J connectivity index is 1.72. The maximum atomic E-state index is 14.1. The second-order valence-corrected chi connectivity index (χ2v) is 12.1. The number of methoxy groups -OCH3 is 2. The lowest BCUT2D eigenvalue weighted by atomic mass is 9.85. The van der Waals surface area contributed by atoms with E-state index in [1.807, 2.05) is 39.8 Å². The fraction of sp³-hybridized carbons (Fsp3) is 0.371. The van der Waals surface area contributed by atoms with Crippen molar-refractivity contribution in [2.45, 2.75) is 53.9 Å². The van der Waals surface area contributed by atoms with Gasteiger partial charge in [0.05, 0.1) is 25.3 Å². The molecule has 5 heterocycles. The Morgan fingerprint density at radius 1 is 0.911 bits per heavy atom. The van der Waals surface area contributed by atoms with Gasteiger partial charge in [0.25, 0.3) is 0 Å². The van der Waals surface area contributed by atoms with Crippen molar-refractivity contribution >= 4 is 47.8 Å². The molecule has 0 aromatic carbocycles. The summed E-state index contributed by atoms with van der Waals surface area (Å²) in [7, 11) is 2.65. The Morgan fingerprint density at radius 2 is 1.58 bits per heavy atom. The monoisotopic (exact) mass is 610 g/mol. The third-order valence-electron chi connectivity index (χ3n) is 9.91. The number of aromatic amines is 3. The standard InChI is InChI=1S/C35H38N4O6/c1-8-19-21(14-40)27-12-23-16(3)15(2)22(36-23)11-24-17(4)20(9-10-28(41)44-6)32(38-24)30-31(35(43)45-7)34(42)29-18(5)25(39-33(29)30)13-26(19)37-27/h11-14,17,20,31,36-39H,8-10H2,1-7H3/b24-11-,26-13-,27-12-,32-30-/t17-,20-,31+/m0/s1. The minimum absolute atomic E-state index is 0.0814. The zero-order chi connectivity index (χ0) is 32.3. The summed E-state index contributed by atoms with van der Waals surface area (Å²) < 4.78 is 10.1. The number of H-pyrrole nitrogens is 3. The van der Waals surface area contributed by atoms with Crippen molar-refractivity contribution < 1.29 is 28.7 Å². The SMILES string of the molecule is CCc1c(C=O)/c2[nH]/c1=C\c1[nH]c3c(c1C)C(=O)[C@H](C(=O)OC)/C3=C1/N/C(=C\c3[nH]c(c(C)c3C)\C=2)[C@@H](C)[C@@H]1CCC(=O)OC. The third kappa shape index (κ3) is 4.62. The summed E-state index contributed by atoms with van der Waals surface area (Å²) >= 11 is 0. The van der Waals surface area contributed by atoms with Gasteiger partial charge >= 0.3 is 11.9 Å². The fourth-order valence-corrected chi connectivity index (χ4v) is 7.17. The number of nitrogens with one attached hydrogen (secondary N) is 4. The summed E-state index contributed by atoms with van der Waals surface area (Å²) in [5, 5.41) is 5.05. The maximum Gasteiger partial charge on any atom is 0.321 e. The van der Waals surface area contributed by atoms with E-state index in [9.17, 15) is 19.2 Å². The number of aromatic nitrogens is 3. The Bertz CT molecular complexity index is 1980. The number of hydrogen-bond donors (Lipinski definition) is 4. The quantitative estimate of drug-likeness (QED) is 0.190. The number of Topliss-reactive ketones (excluding diaryl/α,β-unsaturated/α-hetero) is 1. The average Bonchev–Trinajstić information content (AvgIpc) is 3.77. The fourth-order valence-electron chi connectivity index (χ4n) is 7.17. The first-order chi connectivity index (χ1) is 21.5. The molecule has 3 aromatic rings. The number of ether oxygens (including phenoxy) is 2. The molecule has 4 N–H and O–H groups in total. The van der Waals surface area contributed by atoms with Gasteiger partial charge in [-0.3, -0.25) is 19.2 Å². The lowest BCUT2D eigenvalue weighted by Crippen LogP contribution is -2.25. The van der Waals surface area contributed by atoms with Crippen molar-refractivity contribution in [3.8, 4) is 0 Å². The number of allylic oxidation sites excluding steroid dienone is 2. The normalized spacial score (nSPS) is 24.2. The molecule has 1 aliphatic carbocycles. The van der Waals surface area contributed by atoms with Crippen LogP contribution in [0.1, 0.15) is 92.4 Å². The number of carbonyl (C=O) groups is 4. The number of hydrogen-bond acceptors (Lipinski definition) is 7. The van der Waals surface area contributed by atoms with Crippen LogP contribution in [-0.2, 0) is 25.5 Å². The summed E-state index contributed by atoms with van der Waals surface area (Å²) in [6.45, 7) is 10.0. The highest BCUT2D eigenvalue weighted by atomic mass is 16.5. The van der Waals surface area contributed by atoms with Crippen molar-refractivity contribution in [3.05, 3.63) is 78.2 Å². The zero-order valence-corrected chi connectivity index (χ0v) is 26.6. The molecule has 234 valence electrons. The van der Waals surface area contributed by atoms with Gasteiger partial charge in [0.1, 0.15) is 5.92 Å². The minimum Gasteiger partial charge on any atom is -0.469 e. The highest BCUT2D eigenvalue weighted by molar-refractivity contribution is 6.24. The van der Waals surface area contributed by atoms with Crippen LogP contribution in [0.2, 0.25) is 0 Å². The van der Waals surface area contributed by atoms with Crippen LogP contribution in [0.25, 0.3) is 23.8 Å². The predicted molar refractivity (Wildman–Crippen MR) is 170 cm³/mol. The molecule has 1 saturated heterocycles. The van der Waals surface area contributed by atoms with Gasteiger partial charge in [-0.2, -0.15) is 0 Å². The molecular formula is C35H38N4O6. The smallest absolute Gasteiger partial charge is 0.321 e. The number of aldehydes is 1. The van der Waals surface area contributed by atoms with Crippen LogP contribution in [-0.4, -0.2) is 53.2 Å². The molecule has 45 heavy (non-hydrogen) atoms. The van der Waals surface area contributed by atoms with Crippen LogP contribution in [0, 0.1) is 38.5 Å². The van der Waals surface area contributed by atoms with Crippen molar-refractivity contribution in [3.63, 3.8) is 0 Å². The second kappa shape index (κ2) is 11.3. The van der Waals surface area contributed by atoms with Gasteiger partial charge in [0.15, 0.2) is 12.1 Å². The van der Waals surface area contributed by atoms with Crippen molar-refractivity contribution in [2.75, 3.05) is 14.2 Å². The molecule has 0 radical (unpaired) electrons. The Kier molecular flexibility index (Phi) is 7.54. The van der Waals surface area contributed by atoms with Gasteiger partial charge in [-0.25, -0.2) is 0 Å². The molecule has 0 spiro atoms. The van der Waals surface area contributed by atoms with Gasteiger partial charge < -0.3 is 29.7 Å². The van der Waals surface area contributed by atoms with E-state index in [0.717, 1.165) is 45.4 Å². The molecule has 0 saturated carbocycles. The van der Waals surface area contributed by atoms with E-state index in [2.05, 4.69) is 33.3 Å². The molecule has 3 atom stereocenters. The van der Waals surface area contributed by atoms with Crippen molar-refractivity contribution in [1.29, 1.82) is 0 Å². The van der Waals surface area contributed by atoms with E-state index < -0.39 is 11.9 Å². The summed E-state index contributed by atoms with van der Waals surface area (Å²) in [6, 6.07) is 0. The van der Waals surface area contributed by atoms with Crippen molar-refractivity contribution in [2.24, 2.45) is 17.8 Å². The van der Waals surface area contributed by atoms with Gasteiger partial charge in [-0.15, -0.1) is 0 Å². The van der Waals surface area contributed by atoms with E-state index in [4.69, 9.17) is 9.47 Å². The highest BCUT2D eigenvalue weighted by Gasteiger charge is 2.48. The second-order valence-electron chi connectivity index (χ2n) is 12.1. The largest absolute Gasteiger partial charge is 0.469 e. The Hall–Kier alpha value is -4.86. The number of carbonyl (C=O) groups excluding carboxylic acids is 4. The Labute approximate surface area is 260 Å². The number of esters is 2. The molecule has 6 rings (SSSR count). The lowest BCUT2D eigenvalue weighted by molar-refractivity contribution is -0.142. The van der Waals surface area contributed by atoms with Crippen LogP contribution in [0.3, 0.4) is 0 Å². The molecule has 3 aromatic heterocycles. The van der Waals surface area contributed by atoms with Crippen LogP contribution in [0.15, 0.2) is 11.4 Å². The number of ketones is 1. The first-order valence-electron chi connectivity index (χ1n) is 15.3. The lowest BCUT2D eigenvalue weighted by Gasteiger charge is -2.19. The van der Waals surface area contributed by atoms with Crippen LogP contribution in [0.4, 0.5) is 0 Å². The maximum absolute atomic E-state index is 14.1. The highest BCUT2D eigenvalue weighted by Crippen LogP contribution is 2.48. The first kappa shape index (κ1) is 30.2. The summed E-state index contributed by atoms with van der Waals surface area (Å²) in [5.74, 6) is -2.75. The topological polar surface area (TPSA) is 146 Å². The summed E-state index contributed by atoms with van der Waals surface area (Å²) in [4.78, 5) is 62.5. The first-order valence-corrected chi connectivity index (χ1v) is 15.3. The van der Waals surface area contributed by atoms with Gasteiger partial charge in [0, 0.05) is 68.8 Å². The van der Waals surface area contributed by atoms with E-state index in [0.29, 0.717) is 57.5 Å². The van der Waals surface area contributed by atoms with Crippen LogP contribution < -0.4 is 16.0 Å². The van der Waals surface area contributed by atoms with E-state index in [-0.39, 0.29) is 30.0 Å². The van der Waals surface area contributed by atoms with Crippen LogP contribution in [0.5, 0.6) is 0 Å². The molecule has 10 nitrogen and oxygen atoms in total. The van der Waals surface area contributed by atoms with E-state index in [1.165, 1.54) is 14.2 Å². The molecule has 0 amide bonds. The van der Waals surface area contributed by atoms with E-state index >= 15 is 0 Å². The molecular weight excluding hydrogens is 572 g/mol.